The van der Waals surface area contributed by atoms with E-state index in [0.29, 0.717) is 6.54 Å². The summed E-state index contributed by atoms with van der Waals surface area (Å²) >= 11 is 0. The zero-order valence-corrected chi connectivity index (χ0v) is 9.91. The molecule has 7 heteroatoms. The van der Waals surface area contributed by atoms with E-state index in [-0.39, 0.29) is 18.3 Å². The van der Waals surface area contributed by atoms with Gasteiger partial charge in [-0.05, 0) is 13.0 Å². The van der Waals surface area contributed by atoms with E-state index >= 15 is 0 Å². The van der Waals surface area contributed by atoms with Gasteiger partial charge in [0.05, 0.1) is 13.2 Å². The van der Waals surface area contributed by atoms with Gasteiger partial charge in [0.2, 0.25) is 0 Å². The SMILES string of the molecule is Cl.O=C(C=NO)NCCCN1CCOCC1. The van der Waals surface area contributed by atoms with Crippen molar-refractivity contribution >= 4 is 24.5 Å². The molecule has 1 rings (SSSR count). The molecule has 16 heavy (non-hydrogen) atoms. The third-order valence-electron chi connectivity index (χ3n) is 2.23. The van der Waals surface area contributed by atoms with Gasteiger partial charge >= 0.3 is 0 Å². The molecule has 1 amide bonds. The highest BCUT2D eigenvalue weighted by molar-refractivity contribution is 6.25. The lowest BCUT2D eigenvalue weighted by molar-refractivity contribution is -0.114. The molecule has 0 aromatic heterocycles. The van der Waals surface area contributed by atoms with Crippen LogP contribution >= 0.6 is 12.4 Å². The molecule has 2 N–H and O–H groups in total. The summed E-state index contributed by atoms with van der Waals surface area (Å²) in [6.07, 6.45) is 1.75. The summed E-state index contributed by atoms with van der Waals surface area (Å²) in [7, 11) is 0. The van der Waals surface area contributed by atoms with E-state index in [9.17, 15) is 4.79 Å². The zero-order valence-electron chi connectivity index (χ0n) is 9.09. The van der Waals surface area contributed by atoms with Crippen LogP contribution in [0.2, 0.25) is 0 Å². The zero-order chi connectivity index (χ0) is 10.9. The molecule has 0 atom stereocenters. The van der Waals surface area contributed by atoms with Gasteiger partial charge < -0.3 is 15.3 Å². The molecule has 0 saturated carbocycles. The summed E-state index contributed by atoms with van der Waals surface area (Å²) in [6, 6.07) is 0. The Labute approximate surface area is 101 Å². The van der Waals surface area contributed by atoms with Gasteiger partial charge in [-0.3, -0.25) is 9.69 Å². The molecule has 0 aromatic carbocycles. The number of oxime groups is 1. The predicted octanol–water partition coefficient (Wildman–Crippen LogP) is -0.293. The molecule has 1 aliphatic heterocycles. The van der Waals surface area contributed by atoms with Crippen LogP contribution in [0.15, 0.2) is 5.16 Å². The van der Waals surface area contributed by atoms with Crippen molar-refractivity contribution in [3.63, 3.8) is 0 Å². The second-order valence-corrected chi connectivity index (χ2v) is 3.34. The predicted molar refractivity (Wildman–Crippen MR) is 62.4 cm³/mol. The number of hydrogen-bond acceptors (Lipinski definition) is 5. The fourth-order valence-corrected chi connectivity index (χ4v) is 1.44. The fourth-order valence-electron chi connectivity index (χ4n) is 1.44. The molecule has 0 unspecified atom stereocenters. The Morgan fingerprint density at radius 1 is 1.50 bits per heavy atom. The van der Waals surface area contributed by atoms with Crippen LogP contribution in [0.25, 0.3) is 0 Å². The van der Waals surface area contributed by atoms with Crippen LogP contribution in [-0.2, 0) is 9.53 Å². The second kappa shape index (κ2) is 9.38. The molecule has 94 valence electrons. The van der Waals surface area contributed by atoms with Gasteiger partial charge in [-0.15, -0.1) is 12.4 Å². The number of rotatable bonds is 5. The van der Waals surface area contributed by atoms with Gasteiger partial charge in [-0.2, -0.15) is 0 Å². The van der Waals surface area contributed by atoms with E-state index in [1.54, 1.807) is 0 Å². The molecule has 0 aromatic rings. The maximum absolute atomic E-state index is 10.8. The Bertz CT molecular complexity index is 220. The summed E-state index contributed by atoms with van der Waals surface area (Å²) in [5.74, 6) is -0.362. The first kappa shape index (κ1) is 15.2. The lowest BCUT2D eigenvalue weighted by Crippen LogP contribution is -2.38. The van der Waals surface area contributed by atoms with Crippen LogP contribution < -0.4 is 5.32 Å². The lowest BCUT2D eigenvalue weighted by atomic mass is 10.3. The largest absolute Gasteiger partial charge is 0.411 e. The van der Waals surface area contributed by atoms with Crippen LogP contribution in [0.1, 0.15) is 6.42 Å². The molecule has 1 saturated heterocycles. The van der Waals surface area contributed by atoms with Crippen LogP contribution in [0, 0.1) is 0 Å². The minimum Gasteiger partial charge on any atom is -0.411 e. The first-order chi connectivity index (χ1) is 7.33. The maximum Gasteiger partial charge on any atom is 0.265 e. The van der Waals surface area contributed by atoms with E-state index in [0.717, 1.165) is 45.5 Å². The van der Waals surface area contributed by atoms with Crippen LogP contribution in [-0.4, -0.2) is 61.6 Å². The number of carbonyl (C=O) groups is 1. The lowest BCUT2D eigenvalue weighted by Gasteiger charge is -2.26. The Balaban J connectivity index is 0.00000225. The van der Waals surface area contributed by atoms with Crippen molar-refractivity contribution in [1.82, 2.24) is 10.2 Å². The number of nitrogens with zero attached hydrogens (tertiary/aromatic N) is 2. The summed E-state index contributed by atoms with van der Waals surface area (Å²) in [6.45, 7) is 5.08. The molecule has 1 fully saturated rings. The fraction of sp³-hybridized carbons (Fsp3) is 0.778. The van der Waals surface area contributed by atoms with Crippen molar-refractivity contribution in [2.45, 2.75) is 6.42 Å². The molecule has 6 nitrogen and oxygen atoms in total. The van der Waals surface area contributed by atoms with Crippen LogP contribution in [0.3, 0.4) is 0 Å². The Kier molecular flexibility index (Phi) is 8.88. The standard InChI is InChI=1S/C9H17N3O3.ClH/c13-9(8-11-14)10-2-1-3-12-4-6-15-7-5-12;/h8,14H,1-7H2,(H,10,13);1H. The van der Waals surface area contributed by atoms with Crippen molar-refractivity contribution in [2.24, 2.45) is 5.16 Å². The molecule has 0 aliphatic carbocycles. The number of nitrogens with one attached hydrogen (secondary N) is 1. The summed E-state index contributed by atoms with van der Waals surface area (Å²) in [5, 5.41) is 13.3. The first-order valence-corrected chi connectivity index (χ1v) is 5.08. The van der Waals surface area contributed by atoms with E-state index in [4.69, 9.17) is 9.94 Å². The van der Waals surface area contributed by atoms with E-state index in [1.807, 2.05) is 0 Å². The minimum absolute atomic E-state index is 0. The number of amides is 1. The number of carbonyl (C=O) groups excluding carboxylic acids is 1. The Morgan fingerprint density at radius 3 is 2.81 bits per heavy atom. The molecule has 0 bridgehead atoms. The summed E-state index contributed by atoms with van der Waals surface area (Å²) in [4.78, 5) is 13.1. The van der Waals surface area contributed by atoms with Crippen molar-refractivity contribution in [1.29, 1.82) is 0 Å². The second-order valence-electron chi connectivity index (χ2n) is 3.34. The number of morpholine rings is 1. The van der Waals surface area contributed by atoms with E-state index in [1.165, 1.54) is 0 Å². The minimum atomic E-state index is -0.362. The third-order valence-corrected chi connectivity index (χ3v) is 2.23. The van der Waals surface area contributed by atoms with Gasteiger partial charge in [0.25, 0.3) is 5.91 Å². The van der Waals surface area contributed by atoms with Crippen molar-refractivity contribution < 1.29 is 14.7 Å². The molecular formula is C9H18ClN3O3. The number of hydrogen-bond donors (Lipinski definition) is 2. The third kappa shape index (κ3) is 6.60. The average molecular weight is 252 g/mol. The first-order valence-electron chi connectivity index (χ1n) is 5.08. The van der Waals surface area contributed by atoms with Crippen LogP contribution in [0.4, 0.5) is 0 Å². The maximum atomic E-state index is 10.8. The highest BCUT2D eigenvalue weighted by atomic mass is 35.5. The molecule has 0 radical (unpaired) electrons. The van der Waals surface area contributed by atoms with E-state index in [2.05, 4.69) is 15.4 Å². The van der Waals surface area contributed by atoms with Crippen molar-refractivity contribution in [2.75, 3.05) is 39.4 Å². The van der Waals surface area contributed by atoms with Crippen LogP contribution in [0.5, 0.6) is 0 Å². The summed E-state index contributed by atoms with van der Waals surface area (Å²) < 4.78 is 5.22. The monoisotopic (exact) mass is 251 g/mol. The topological polar surface area (TPSA) is 74.2 Å². The molecule has 0 spiro atoms. The van der Waals surface area contributed by atoms with Crippen molar-refractivity contribution in [3.8, 4) is 0 Å². The quantitative estimate of drug-likeness (QED) is 0.305. The van der Waals surface area contributed by atoms with Gasteiger partial charge in [0, 0.05) is 19.6 Å². The molecule has 1 heterocycles. The van der Waals surface area contributed by atoms with Crippen molar-refractivity contribution in [3.05, 3.63) is 0 Å². The average Bonchev–Trinajstić information content (AvgIpc) is 2.26. The Hall–Kier alpha value is -0.850. The normalized spacial score (nSPS) is 17.0. The van der Waals surface area contributed by atoms with E-state index < -0.39 is 0 Å². The molecule has 1 aliphatic rings. The Morgan fingerprint density at radius 2 is 2.19 bits per heavy atom. The van der Waals surface area contributed by atoms with Gasteiger partial charge in [-0.1, -0.05) is 5.16 Å². The smallest absolute Gasteiger partial charge is 0.265 e. The van der Waals surface area contributed by atoms with Gasteiger partial charge in [0.1, 0.15) is 6.21 Å². The molecular weight excluding hydrogens is 234 g/mol. The number of halogens is 1. The highest BCUT2D eigenvalue weighted by Gasteiger charge is 2.09. The van der Waals surface area contributed by atoms with Gasteiger partial charge in [-0.25, -0.2) is 0 Å². The highest BCUT2D eigenvalue weighted by Crippen LogP contribution is 1.96. The number of ether oxygens (including phenoxy) is 1. The summed E-state index contributed by atoms with van der Waals surface area (Å²) in [5.41, 5.74) is 0. The van der Waals surface area contributed by atoms with Gasteiger partial charge in [0.15, 0.2) is 0 Å².